The summed E-state index contributed by atoms with van der Waals surface area (Å²) in [5, 5.41) is 13.8. The lowest BCUT2D eigenvalue weighted by Gasteiger charge is -2.15. The van der Waals surface area contributed by atoms with E-state index >= 15 is 0 Å². The first-order valence-corrected chi connectivity index (χ1v) is 4.63. The van der Waals surface area contributed by atoms with E-state index in [1.165, 1.54) is 6.92 Å². The number of hydrogen-bond acceptors (Lipinski definition) is 3. The molecule has 82 valence electrons. The second-order valence-electron chi connectivity index (χ2n) is 3.57. The van der Waals surface area contributed by atoms with E-state index in [4.69, 9.17) is 5.11 Å². The first-order chi connectivity index (χ1) is 6.47. The summed E-state index contributed by atoms with van der Waals surface area (Å²) in [4.78, 5) is 22.0. The molecule has 1 atom stereocenters. The summed E-state index contributed by atoms with van der Waals surface area (Å²) in [5.74, 6) is -0.337. The van der Waals surface area contributed by atoms with E-state index in [0.29, 0.717) is 12.5 Å². The molecule has 0 aliphatic rings. The van der Waals surface area contributed by atoms with Gasteiger partial charge in [-0.3, -0.25) is 9.59 Å². The average molecular weight is 202 g/mol. The molecular weight excluding hydrogens is 184 g/mol. The van der Waals surface area contributed by atoms with Gasteiger partial charge in [-0.1, -0.05) is 13.8 Å². The molecule has 0 aliphatic heterocycles. The monoisotopic (exact) mass is 202 g/mol. The fraction of sp³-hybridized carbons (Fsp3) is 0.778. The molecule has 0 aromatic heterocycles. The van der Waals surface area contributed by atoms with Crippen molar-refractivity contribution in [2.45, 2.75) is 26.8 Å². The summed E-state index contributed by atoms with van der Waals surface area (Å²) in [5.41, 5.74) is 0. The van der Waals surface area contributed by atoms with Crippen LogP contribution in [0, 0.1) is 5.92 Å². The third kappa shape index (κ3) is 5.53. The van der Waals surface area contributed by atoms with Crippen LogP contribution in [-0.4, -0.2) is 36.1 Å². The second kappa shape index (κ2) is 6.37. The van der Waals surface area contributed by atoms with Gasteiger partial charge < -0.3 is 15.7 Å². The lowest BCUT2D eigenvalue weighted by Crippen LogP contribution is -2.48. The smallest absolute Gasteiger partial charge is 0.244 e. The molecule has 0 rings (SSSR count). The number of carbonyl (C=O) groups is 2. The summed E-state index contributed by atoms with van der Waals surface area (Å²) in [7, 11) is 0. The maximum atomic E-state index is 11.3. The number of amides is 2. The maximum absolute atomic E-state index is 11.3. The molecule has 0 radical (unpaired) electrons. The van der Waals surface area contributed by atoms with Gasteiger partial charge in [0, 0.05) is 13.5 Å². The number of carbonyl (C=O) groups excluding carboxylic acids is 2. The van der Waals surface area contributed by atoms with E-state index in [-0.39, 0.29) is 18.4 Å². The van der Waals surface area contributed by atoms with Crippen LogP contribution < -0.4 is 10.6 Å². The summed E-state index contributed by atoms with van der Waals surface area (Å²) in [6.07, 6.45) is 0. The quantitative estimate of drug-likeness (QED) is 0.549. The highest BCUT2D eigenvalue weighted by Gasteiger charge is 2.17. The van der Waals surface area contributed by atoms with Crippen LogP contribution in [-0.2, 0) is 9.59 Å². The summed E-state index contributed by atoms with van der Waals surface area (Å²) < 4.78 is 0. The molecule has 2 amide bonds. The van der Waals surface area contributed by atoms with E-state index in [1.807, 2.05) is 13.8 Å². The van der Waals surface area contributed by atoms with Crippen molar-refractivity contribution in [1.29, 1.82) is 0 Å². The molecule has 0 saturated heterocycles. The minimum absolute atomic E-state index is 0.330. The standard InChI is InChI=1S/C9H18N2O3/c1-6(2)4-10-9(14)8(5-12)11-7(3)13/h6,8,12H,4-5H2,1-3H3,(H,10,14)(H,11,13). The van der Waals surface area contributed by atoms with Crippen molar-refractivity contribution >= 4 is 11.8 Å². The van der Waals surface area contributed by atoms with Gasteiger partial charge in [0.2, 0.25) is 11.8 Å². The van der Waals surface area contributed by atoms with Gasteiger partial charge in [-0.2, -0.15) is 0 Å². The Morgan fingerprint density at radius 2 is 1.93 bits per heavy atom. The van der Waals surface area contributed by atoms with Crippen molar-refractivity contribution in [1.82, 2.24) is 10.6 Å². The van der Waals surface area contributed by atoms with Gasteiger partial charge in [0.15, 0.2) is 0 Å². The molecule has 0 bridgehead atoms. The van der Waals surface area contributed by atoms with E-state index in [1.54, 1.807) is 0 Å². The minimum atomic E-state index is -0.841. The molecule has 1 unspecified atom stereocenters. The largest absolute Gasteiger partial charge is 0.394 e. The Morgan fingerprint density at radius 1 is 1.36 bits per heavy atom. The third-order valence-corrected chi connectivity index (χ3v) is 1.56. The highest BCUT2D eigenvalue weighted by atomic mass is 16.3. The van der Waals surface area contributed by atoms with Gasteiger partial charge in [-0.15, -0.1) is 0 Å². The topological polar surface area (TPSA) is 78.4 Å². The van der Waals surface area contributed by atoms with Crippen LogP contribution >= 0.6 is 0 Å². The molecule has 0 spiro atoms. The number of rotatable bonds is 5. The molecule has 0 aromatic rings. The van der Waals surface area contributed by atoms with Gasteiger partial charge in [0.05, 0.1) is 6.61 Å². The fourth-order valence-corrected chi connectivity index (χ4v) is 0.867. The van der Waals surface area contributed by atoms with Gasteiger partial charge in [-0.25, -0.2) is 0 Å². The lowest BCUT2D eigenvalue weighted by molar-refractivity contribution is -0.129. The first kappa shape index (κ1) is 12.9. The van der Waals surface area contributed by atoms with Gasteiger partial charge in [0.1, 0.15) is 6.04 Å². The molecule has 0 saturated carbocycles. The third-order valence-electron chi connectivity index (χ3n) is 1.56. The molecule has 3 N–H and O–H groups in total. The van der Waals surface area contributed by atoms with Gasteiger partial charge in [0.25, 0.3) is 0 Å². The first-order valence-electron chi connectivity index (χ1n) is 4.63. The molecular formula is C9H18N2O3. The van der Waals surface area contributed by atoms with Crippen molar-refractivity contribution in [2.75, 3.05) is 13.2 Å². The molecule has 5 heteroatoms. The van der Waals surface area contributed by atoms with E-state index < -0.39 is 6.04 Å². The van der Waals surface area contributed by atoms with Crippen LogP contribution in [0.25, 0.3) is 0 Å². The van der Waals surface area contributed by atoms with Crippen LogP contribution in [0.2, 0.25) is 0 Å². The van der Waals surface area contributed by atoms with Gasteiger partial charge >= 0.3 is 0 Å². The summed E-state index contributed by atoms with van der Waals surface area (Å²) >= 11 is 0. The predicted octanol–water partition coefficient (Wildman–Crippen LogP) is -0.744. The van der Waals surface area contributed by atoms with Gasteiger partial charge in [-0.05, 0) is 5.92 Å². The molecule has 0 heterocycles. The SMILES string of the molecule is CC(=O)NC(CO)C(=O)NCC(C)C. The Bertz CT molecular complexity index is 204. The molecule has 0 aromatic carbocycles. The second-order valence-corrected chi connectivity index (χ2v) is 3.57. The number of aliphatic hydroxyl groups excluding tert-OH is 1. The molecule has 0 aliphatic carbocycles. The van der Waals surface area contributed by atoms with Crippen LogP contribution in [0.5, 0.6) is 0 Å². The Morgan fingerprint density at radius 3 is 2.29 bits per heavy atom. The Balaban J connectivity index is 3.98. The van der Waals surface area contributed by atoms with Crippen molar-refractivity contribution < 1.29 is 14.7 Å². The van der Waals surface area contributed by atoms with Crippen molar-refractivity contribution in [3.8, 4) is 0 Å². The molecule has 5 nitrogen and oxygen atoms in total. The van der Waals surface area contributed by atoms with Crippen LogP contribution in [0.4, 0.5) is 0 Å². The normalized spacial score (nSPS) is 12.4. The van der Waals surface area contributed by atoms with Crippen LogP contribution in [0.3, 0.4) is 0 Å². The van der Waals surface area contributed by atoms with Crippen molar-refractivity contribution in [2.24, 2.45) is 5.92 Å². The zero-order valence-electron chi connectivity index (χ0n) is 8.83. The lowest BCUT2D eigenvalue weighted by atomic mass is 10.2. The maximum Gasteiger partial charge on any atom is 0.244 e. The Hall–Kier alpha value is -1.10. The minimum Gasteiger partial charge on any atom is -0.394 e. The van der Waals surface area contributed by atoms with Crippen LogP contribution in [0.1, 0.15) is 20.8 Å². The average Bonchev–Trinajstić information content (AvgIpc) is 2.09. The highest BCUT2D eigenvalue weighted by Crippen LogP contribution is 1.89. The molecule has 0 fully saturated rings. The highest BCUT2D eigenvalue weighted by molar-refractivity contribution is 5.86. The van der Waals surface area contributed by atoms with E-state index in [9.17, 15) is 9.59 Å². The number of aliphatic hydroxyl groups is 1. The zero-order valence-corrected chi connectivity index (χ0v) is 8.83. The predicted molar refractivity (Wildman–Crippen MR) is 52.5 cm³/mol. The Labute approximate surface area is 83.9 Å². The number of hydrogen-bond donors (Lipinski definition) is 3. The van der Waals surface area contributed by atoms with Crippen molar-refractivity contribution in [3.63, 3.8) is 0 Å². The van der Waals surface area contributed by atoms with E-state index in [0.717, 1.165) is 0 Å². The molecule has 14 heavy (non-hydrogen) atoms. The summed E-state index contributed by atoms with van der Waals surface area (Å²) in [6, 6.07) is -0.841. The van der Waals surface area contributed by atoms with E-state index in [2.05, 4.69) is 10.6 Å². The number of nitrogens with one attached hydrogen (secondary N) is 2. The fourth-order valence-electron chi connectivity index (χ4n) is 0.867. The van der Waals surface area contributed by atoms with Crippen molar-refractivity contribution in [3.05, 3.63) is 0 Å². The Kier molecular flexibility index (Phi) is 5.87. The van der Waals surface area contributed by atoms with Crippen LogP contribution in [0.15, 0.2) is 0 Å². The zero-order chi connectivity index (χ0) is 11.1. The summed E-state index contributed by atoms with van der Waals surface area (Å²) in [6.45, 7) is 5.39.